The summed E-state index contributed by atoms with van der Waals surface area (Å²) >= 11 is 0. The number of hydrogen-bond donors (Lipinski definition) is 1. The van der Waals surface area contributed by atoms with Gasteiger partial charge in [-0.05, 0) is 43.4 Å². The number of para-hydroxylation sites is 1. The van der Waals surface area contributed by atoms with Gasteiger partial charge in [-0.2, -0.15) is 0 Å². The zero-order chi connectivity index (χ0) is 11.4. The van der Waals surface area contributed by atoms with E-state index in [0.29, 0.717) is 5.92 Å². The van der Waals surface area contributed by atoms with Gasteiger partial charge in [-0.15, -0.1) is 0 Å². The highest BCUT2D eigenvalue weighted by Crippen LogP contribution is 2.40. The Hall–Kier alpha value is -1.02. The summed E-state index contributed by atoms with van der Waals surface area (Å²) in [7, 11) is 1.75. The van der Waals surface area contributed by atoms with Gasteiger partial charge >= 0.3 is 0 Å². The van der Waals surface area contributed by atoms with Crippen LogP contribution in [0.1, 0.15) is 37.7 Å². The van der Waals surface area contributed by atoms with Gasteiger partial charge in [-0.25, -0.2) is 0 Å². The Morgan fingerprint density at radius 2 is 2.06 bits per heavy atom. The van der Waals surface area contributed by atoms with Crippen molar-refractivity contribution >= 4 is 0 Å². The highest BCUT2D eigenvalue weighted by molar-refractivity contribution is 5.37. The largest absolute Gasteiger partial charge is 0.496 e. The molecule has 0 bridgehead atoms. The molecule has 2 rings (SSSR count). The summed E-state index contributed by atoms with van der Waals surface area (Å²) in [4.78, 5) is 0. The smallest absolute Gasteiger partial charge is 0.122 e. The molecule has 1 aliphatic rings. The van der Waals surface area contributed by atoms with E-state index >= 15 is 0 Å². The summed E-state index contributed by atoms with van der Waals surface area (Å²) in [6.07, 6.45) is 3.72. The maximum Gasteiger partial charge on any atom is 0.122 e. The van der Waals surface area contributed by atoms with Crippen LogP contribution in [-0.4, -0.2) is 19.7 Å². The maximum atomic E-state index is 5.40. The van der Waals surface area contributed by atoms with E-state index in [-0.39, 0.29) is 0 Å². The summed E-state index contributed by atoms with van der Waals surface area (Å²) in [5, 5.41) is 3.57. The molecule has 0 unspecified atom stereocenters. The molecule has 1 N–H and O–H groups in total. The fraction of sp³-hybridized carbons (Fsp3) is 0.571. The Morgan fingerprint density at radius 3 is 2.75 bits per heavy atom. The quantitative estimate of drug-likeness (QED) is 0.822. The van der Waals surface area contributed by atoms with Crippen LogP contribution in [0.5, 0.6) is 5.75 Å². The Labute approximate surface area is 98.0 Å². The summed E-state index contributed by atoms with van der Waals surface area (Å²) < 4.78 is 5.40. The molecule has 0 aromatic heterocycles. The van der Waals surface area contributed by atoms with Crippen molar-refractivity contribution in [2.75, 3.05) is 13.7 Å². The van der Waals surface area contributed by atoms with Crippen molar-refractivity contribution < 1.29 is 4.74 Å². The second-order valence-corrected chi connectivity index (χ2v) is 4.56. The van der Waals surface area contributed by atoms with E-state index in [1.165, 1.54) is 24.8 Å². The summed E-state index contributed by atoms with van der Waals surface area (Å²) in [6, 6.07) is 9.11. The number of hydrogen-bond acceptors (Lipinski definition) is 2. The first-order valence-electron chi connectivity index (χ1n) is 6.21. The van der Waals surface area contributed by atoms with Gasteiger partial charge in [0.25, 0.3) is 0 Å². The minimum Gasteiger partial charge on any atom is -0.496 e. The van der Waals surface area contributed by atoms with Gasteiger partial charge in [0.2, 0.25) is 0 Å². The molecule has 1 aromatic rings. The average molecular weight is 219 g/mol. The predicted octanol–water partition coefficient (Wildman–Crippen LogP) is 2.94. The minimum absolute atomic E-state index is 0.686. The summed E-state index contributed by atoms with van der Waals surface area (Å²) in [5.74, 6) is 1.73. The molecule has 16 heavy (non-hydrogen) atoms. The van der Waals surface area contributed by atoms with Crippen molar-refractivity contribution in [1.82, 2.24) is 5.32 Å². The standard InChI is InChI=1S/C14H21NO/c1-3-8-15-12-9-11(10-12)13-6-4-5-7-14(13)16-2/h4-7,11-12,15H,3,8-10H2,1-2H3. The maximum absolute atomic E-state index is 5.40. The molecule has 0 aliphatic heterocycles. The zero-order valence-electron chi connectivity index (χ0n) is 10.2. The normalized spacial score (nSPS) is 23.9. The third-order valence-corrected chi connectivity index (χ3v) is 3.40. The molecule has 1 aliphatic carbocycles. The third kappa shape index (κ3) is 2.38. The van der Waals surface area contributed by atoms with E-state index in [9.17, 15) is 0 Å². The minimum atomic E-state index is 0.686. The van der Waals surface area contributed by atoms with Gasteiger partial charge in [0.05, 0.1) is 7.11 Å². The van der Waals surface area contributed by atoms with Crippen LogP contribution in [0, 0.1) is 0 Å². The van der Waals surface area contributed by atoms with Crippen LogP contribution in [-0.2, 0) is 0 Å². The van der Waals surface area contributed by atoms with Crippen LogP contribution in [0.25, 0.3) is 0 Å². The predicted molar refractivity (Wildman–Crippen MR) is 67.1 cm³/mol. The van der Waals surface area contributed by atoms with Crippen molar-refractivity contribution in [3.05, 3.63) is 29.8 Å². The Kier molecular flexibility index (Phi) is 3.83. The number of nitrogens with one attached hydrogen (secondary N) is 1. The third-order valence-electron chi connectivity index (χ3n) is 3.40. The average Bonchev–Trinajstić information content (AvgIpc) is 2.28. The lowest BCUT2D eigenvalue weighted by Gasteiger charge is -2.37. The monoisotopic (exact) mass is 219 g/mol. The molecule has 0 radical (unpaired) electrons. The Morgan fingerprint density at radius 1 is 1.31 bits per heavy atom. The van der Waals surface area contributed by atoms with Crippen LogP contribution in [0.3, 0.4) is 0 Å². The first kappa shape index (κ1) is 11.5. The topological polar surface area (TPSA) is 21.3 Å². The second kappa shape index (κ2) is 5.35. The molecule has 0 atom stereocenters. The Bertz CT molecular complexity index is 331. The van der Waals surface area contributed by atoms with E-state index in [4.69, 9.17) is 4.74 Å². The van der Waals surface area contributed by atoms with Gasteiger partial charge in [0, 0.05) is 6.04 Å². The van der Waals surface area contributed by atoms with E-state index < -0.39 is 0 Å². The molecule has 2 nitrogen and oxygen atoms in total. The fourth-order valence-corrected chi connectivity index (χ4v) is 2.39. The zero-order valence-corrected chi connectivity index (χ0v) is 10.2. The van der Waals surface area contributed by atoms with Gasteiger partial charge < -0.3 is 10.1 Å². The molecule has 0 saturated heterocycles. The van der Waals surface area contributed by atoms with E-state index in [0.717, 1.165) is 18.3 Å². The first-order valence-corrected chi connectivity index (χ1v) is 6.21. The number of rotatable bonds is 5. The van der Waals surface area contributed by atoms with Crippen LogP contribution >= 0.6 is 0 Å². The first-order chi connectivity index (χ1) is 7.85. The fourth-order valence-electron chi connectivity index (χ4n) is 2.39. The number of ether oxygens (including phenoxy) is 1. The van der Waals surface area contributed by atoms with Crippen LogP contribution in [0.4, 0.5) is 0 Å². The van der Waals surface area contributed by atoms with Gasteiger partial charge in [-0.3, -0.25) is 0 Å². The van der Waals surface area contributed by atoms with Crippen LogP contribution in [0.2, 0.25) is 0 Å². The highest BCUT2D eigenvalue weighted by Gasteiger charge is 2.31. The van der Waals surface area contributed by atoms with Crippen molar-refractivity contribution in [2.45, 2.75) is 38.1 Å². The van der Waals surface area contributed by atoms with E-state index in [2.05, 4.69) is 30.4 Å². The van der Waals surface area contributed by atoms with E-state index in [1.807, 2.05) is 6.07 Å². The molecule has 0 heterocycles. The van der Waals surface area contributed by atoms with Crippen molar-refractivity contribution in [3.63, 3.8) is 0 Å². The summed E-state index contributed by atoms with van der Waals surface area (Å²) in [6.45, 7) is 3.35. The second-order valence-electron chi connectivity index (χ2n) is 4.56. The van der Waals surface area contributed by atoms with Gasteiger partial charge in [-0.1, -0.05) is 25.1 Å². The molecule has 2 heteroatoms. The number of methoxy groups -OCH3 is 1. The van der Waals surface area contributed by atoms with Crippen molar-refractivity contribution in [1.29, 1.82) is 0 Å². The van der Waals surface area contributed by atoms with Crippen LogP contribution < -0.4 is 10.1 Å². The highest BCUT2D eigenvalue weighted by atomic mass is 16.5. The van der Waals surface area contributed by atoms with Crippen LogP contribution in [0.15, 0.2) is 24.3 Å². The van der Waals surface area contributed by atoms with Gasteiger partial charge in [0.1, 0.15) is 5.75 Å². The SMILES string of the molecule is CCCNC1CC(c2ccccc2OC)C1. The summed E-state index contributed by atoms with van der Waals surface area (Å²) in [5.41, 5.74) is 1.37. The number of benzene rings is 1. The molecule has 0 spiro atoms. The molecular formula is C14H21NO. The molecule has 1 aromatic carbocycles. The Balaban J connectivity index is 1.91. The lowest BCUT2D eigenvalue weighted by molar-refractivity contribution is 0.284. The van der Waals surface area contributed by atoms with Gasteiger partial charge in [0.15, 0.2) is 0 Å². The molecular weight excluding hydrogens is 198 g/mol. The lowest BCUT2D eigenvalue weighted by Crippen LogP contribution is -2.40. The molecule has 1 fully saturated rings. The molecule has 0 amide bonds. The lowest BCUT2D eigenvalue weighted by atomic mass is 9.75. The van der Waals surface area contributed by atoms with Crippen molar-refractivity contribution in [3.8, 4) is 5.75 Å². The molecule has 88 valence electrons. The van der Waals surface area contributed by atoms with E-state index in [1.54, 1.807) is 7.11 Å². The van der Waals surface area contributed by atoms with Crippen molar-refractivity contribution in [2.24, 2.45) is 0 Å². The molecule has 1 saturated carbocycles.